The number of halogens is 2. The summed E-state index contributed by atoms with van der Waals surface area (Å²) >= 11 is 6.43. The maximum Gasteiger partial charge on any atom is 0.244 e. The van der Waals surface area contributed by atoms with Crippen LogP contribution in [0.1, 0.15) is 31.9 Å². The summed E-state index contributed by atoms with van der Waals surface area (Å²) in [4.78, 5) is 29.0. The van der Waals surface area contributed by atoms with Crippen molar-refractivity contribution in [2.75, 3.05) is 17.1 Å². The summed E-state index contributed by atoms with van der Waals surface area (Å²) in [5.41, 5.74) is 0.963. The Labute approximate surface area is 234 Å². The number of benzene rings is 3. The lowest BCUT2D eigenvalue weighted by molar-refractivity contribution is -0.140. The van der Waals surface area contributed by atoms with E-state index < -0.39 is 39.9 Å². The van der Waals surface area contributed by atoms with Gasteiger partial charge in [0.25, 0.3) is 0 Å². The van der Waals surface area contributed by atoms with Crippen molar-refractivity contribution >= 4 is 39.1 Å². The van der Waals surface area contributed by atoms with E-state index in [0.717, 1.165) is 28.3 Å². The van der Waals surface area contributed by atoms with Crippen molar-refractivity contribution in [3.05, 3.63) is 101 Å². The molecule has 0 aromatic heterocycles. The molecule has 0 heterocycles. The Bertz CT molecular complexity index is 1390. The number of sulfonamides is 1. The second kappa shape index (κ2) is 12.6. The molecule has 0 unspecified atom stereocenters. The van der Waals surface area contributed by atoms with E-state index >= 15 is 0 Å². The summed E-state index contributed by atoms with van der Waals surface area (Å²) in [6, 6.07) is 20.0. The molecule has 2 amide bonds. The van der Waals surface area contributed by atoms with Crippen LogP contribution in [0.25, 0.3) is 0 Å². The monoisotopic (exact) mass is 573 g/mol. The van der Waals surface area contributed by atoms with Crippen LogP contribution < -0.4 is 9.62 Å². The Balaban J connectivity index is 2.08. The van der Waals surface area contributed by atoms with E-state index in [4.69, 9.17) is 11.6 Å². The number of carbonyl (C=O) groups excluding carboxylic acids is 2. The highest BCUT2D eigenvalue weighted by atomic mass is 35.5. The van der Waals surface area contributed by atoms with Crippen molar-refractivity contribution in [2.45, 2.75) is 45.3 Å². The molecule has 0 fully saturated rings. The van der Waals surface area contributed by atoms with Gasteiger partial charge in [-0.1, -0.05) is 60.1 Å². The van der Waals surface area contributed by atoms with E-state index in [1.165, 1.54) is 17.0 Å². The zero-order valence-corrected chi connectivity index (χ0v) is 24.0. The molecule has 3 rings (SSSR count). The van der Waals surface area contributed by atoms with Crippen LogP contribution in [-0.2, 0) is 32.6 Å². The molecule has 208 valence electrons. The van der Waals surface area contributed by atoms with Crippen LogP contribution in [0, 0.1) is 5.82 Å². The highest BCUT2D eigenvalue weighted by Gasteiger charge is 2.34. The second-order valence-electron chi connectivity index (χ2n) is 10.3. The van der Waals surface area contributed by atoms with Gasteiger partial charge in [-0.25, -0.2) is 12.8 Å². The van der Waals surface area contributed by atoms with Crippen molar-refractivity contribution in [3.8, 4) is 0 Å². The van der Waals surface area contributed by atoms with E-state index in [1.807, 2.05) is 51.1 Å². The zero-order chi connectivity index (χ0) is 28.8. The highest BCUT2D eigenvalue weighted by Crippen LogP contribution is 2.23. The largest absolute Gasteiger partial charge is 0.350 e. The van der Waals surface area contributed by atoms with Gasteiger partial charge in [0.2, 0.25) is 21.8 Å². The first-order valence-electron chi connectivity index (χ1n) is 12.4. The minimum absolute atomic E-state index is 0.0331. The third kappa shape index (κ3) is 8.80. The van der Waals surface area contributed by atoms with Crippen LogP contribution in [0.15, 0.2) is 78.9 Å². The van der Waals surface area contributed by atoms with Gasteiger partial charge in [-0.2, -0.15) is 0 Å². The Kier molecular flexibility index (Phi) is 9.74. The average molecular weight is 574 g/mol. The van der Waals surface area contributed by atoms with Gasteiger partial charge in [0.15, 0.2) is 0 Å². The molecule has 3 aromatic carbocycles. The predicted octanol–water partition coefficient (Wildman–Crippen LogP) is 4.80. The van der Waals surface area contributed by atoms with E-state index in [9.17, 15) is 22.4 Å². The Morgan fingerprint density at radius 2 is 1.54 bits per heavy atom. The fourth-order valence-corrected chi connectivity index (χ4v) is 5.08. The van der Waals surface area contributed by atoms with Gasteiger partial charge in [-0.3, -0.25) is 13.9 Å². The van der Waals surface area contributed by atoms with Crippen LogP contribution in [0.3, 0.4) is 0 Å². The molecular formula is C29H33ClFN3O4S. The normalized spacial score (nSPS) is 12.5. The minimum atomic E-state index is -3.94. The van der Waals surface area contributed by atoms with E-state index in [-0.39, 0.29) is 24.6 Å². The summed E-state index contributed by atoms with van der Waals surface area (Å²) in [6.07, 6.45) is 1.16. The van der Waals surface area contributed by atoms with Gasteiger partial charge < -0.3 is 10.2 Å². The van der Waals surface area contributed by atoms with Crippen molar-refractivity contribution in [2.24, 2.45) is 0 Å². The smallest absolute Gasteiger partial charge is 0.244 e. The molecule has 7 nitrogen and oxygen atoms in total. The molecule has 0 aliphatic heterocycles. The zero-order valence-electron chi connectivity index (χ0n) is 22.4. The molecule has 0 saturated heterocycles. The van der Waals surface area contributed by atoms with Crippen LogP contribution in [-0.4, -0.2) is 49.5 Å². The maximum atomic E-state index is 14.0. The van der Waals surface area contributed by atoms with E-state index in [2.05, 4.69) is 5.32 Å². The van der Waals surface area contributed by atoms with E-state index in [0.29, 0.717) is 10.6 Å². The Morgan fingerprint density at radius 1 is 0.949 bits per heavy atom. The summed E-state index contributed by atoms with van der Waals surface area (Å²) < 4.78 is 39.9. The van der Waals surface area contributed by atoms with Gasteiger partial charge in [-0.05, 0) is 62.2 Å². The van der Waals surface area contributed by atoms with Crippen molar-refractivity contribution < 1.29 is 22.4 Å². The number of amides is 2. The summed E-state index contributed by atoms with van der Waals surface area (Å²) in [5, 5.41) is 3.36. The maximum absolute atomic E-state index is 14.0. The lowest BCUT2D eigenvalue weighted by Gasteiger charge is -2.35. The van der Waals surface area contributed by atoms with Crippen molar-refractivity contribution in [1.29, 1.82) is 0 Å². The SMILES string of the molecule is CC(C)(C)NC(=O)[C@@H](Cc1ccccc1)N(Cc1ccccc1Cl)C(=O)CN(c1ccc(F)cc1)S(C)(=O)=O. The lowest BCUT2D eigenvalue weighted by Crippen LogP contribution is -2.56. The summed E-state index contributed by atoms with van der Waals surface area (Å²) in [5.74, 6) is -1.55. The van der Waals surface area contributed by atoms with Crippen LogP contribution in [0.5, 0.6) is 0 Å². The molecule has 0 saturated carbocycles. The van der Waals surface area contributed by atoms with Gasteiger partial charge in [-0.15, -0.1) is 0 Å². The number of nitrogens with one attached hydrogen (secondary N) is 1. The molecule has 0 radical (unpaired) electrons. The fourth-order valence-electron chi connectivity index (χ4n) is 4.04. The van der Waals surface area contributed by atoms with Gasteiger partial charge in [0, 0.05) is 23.5 Å². The molecule has 0 bridgehead atoms. The van der Waals surface area contributed by atoms with E-state index in [1.54, 1.807) is 24.3 Å². The fraction of sp³-hybridized carbons (Fsp3) is 0.310. The summed E-state index contributed by atoms with van der Waals surface area (Å²) in [7, 11) is -3.94. The lowest BCUT2D eigenvalue weighted by atomic mass is 10.0. The molecule has 10 heteroatoms. The minimum Gasteiger partial charge on any atom is -0.350 e. The van der Waals surface area contributed by atoms with Crippen LogP contribution >= 0.6 is 11.6 Å². The molecule has 1 N–H and O–H groups in total. The van der Waals surface area contributed by atoms with Crippen molar-refractivity contribution in [1.82, 2.24) is 10.2 Å². The number of anilines is 1. The number of nitrogens with zero attached hydrogens (tertiary/aromatic N) is 2. The number of hydrogen-bond acceptors (Lipinski definition) is 4. The first-order chi connectivity index (χ1) is 18.2. The predicted molar refractivity (Wildman–Crippen MR) is 152 cm³/mol. The molecule has 1 atom stereocenters. The standard InChI is InChI=1S/C29H33ClFN3O4S/c1-29(2,3)32-28(36)26(18-21-10-6-5-7-11-21)33(19-22-12-8-9-13-25(22)30)27(35)20-34(39(4,37)38)24-16-14-23(31)15-17-24/h5-17,26H,18-20H2,1-4H3,(H,32,36)/t26-/m1/s1. The van der Waals surface area contributed by atoms with Gasteiger partial charge in [0.05, 0.1) is 11.9 Å². The number of hydrogen-bond donors (Lipinski definition) is 1. The third-order valence-electron chi connectivity index (χ3n) is 5.86. The van der Waals surface area contributed by atoms with Crippen molar-refractivity contribution in [3.63, 3.8) is 0 Å². The second-order valence-corrected chi connectivity index (χ2v) is 12.6. The van der Waals surface area contributed by atoms with Crippen LogP contribution in [0.4, 0.5) is 10.1 Å². The first kappa shape index (κ1) is 30.1. The average Bonchev–Trinajstić information content (AvgIpc) is 2.85. The molecule has 3 aromatic rings. The molecule has 0 spiro atoms. The quantitative estimate of drug-likeness (QED) is 0.377. The molecule has 0 aliphatic carbocycles. The van der Waals surface area contributed by atoms with Crippen LogP contribution in [0.2, 0.25) is 5.02 Å². The van der Waals surface area contributed by atoms with Gasteiger partial charge >= 0.3 is 0 Å². The Hall–Kier alpha value is -3.43. The highest BCUT2D eigenvalue weighted by molar-refractivity contribution is 7.92. The number of rotatable bonds is 10. The summed E-state index contributed by atoms with van der Waals surface area (Å²) in [6.45, 7) is 4.89. The molecule has 0 aliphatic rings. The topological polar surface area (TPSA) is 86.8 Å². The Morgan fingerprint density at radius 3 is 2.10 bits per heavy atom. The first-order valence-corrected chi connectivity index (χ1v) is 14.6. The third-order valence-corrected chi connectivity index (χ3v) is 7.37. The van der Waals surface area contributed by atoms with Gasteiger partial charge in [0.1, 0.15) is 18.4 Å². The molecular weight excluding hydrogens is 541 g/mol. The number of carbonyl (C=O) groups is 2. The molecule has 39 heavy (non-hydrogen) atoms.